The first-order chi connectivity index (χ1) is 10.2. The Kier molecular flexibility index (Phi) is 5.03. The first-order valence-electron chi connectivity index (χ1n) is 6.90. The molecule has 1 aromatic carbocycles. The number of hydrogen-bond donors (Lipinski definition) is 0. The van der Waals surface area contributed by atoms with Crippen LogP contribution in [0.2, 0.25) is 0 Å². The van der Waals surface area contributed by atoms with E-state index >= 15 is 0 Å². The van der Waals surface area contributed by atoms with E-state index in [0.717, 1.165) is 0 Å². The van der Waals surface area contributed by atoms with Gasteiger partial charge >= 0.3 is 11.9 Å². The number of carbonyl (C=O) groups is 2. The maximum absolute atomic E-state index is 12.0. The van der Waals surface area contributed by atoms with Gasteiger partial charge in [-0.25, -0.2) is 0 Å². The third-order valence-corrected chi connectivity index (χ3v) is 2.94. The molecule has 0 aromatic heterocycles. The number of hydrogen-bond acceptors (Lipinski definition) is 6. The summed E-state index contributed by atoms with van der Waals surface area (Å²) in [6.45, 7) is 4.66. The third kappa shape index (κ3) is 3.45. The normalized spacial score (nSPS) is 12.9. The summed E-state index contributed by atoms with van der Waals surface area (Å²) >= 11 is 0. The molecule has 0 N–H and O–H groups in total. The summed E-state index contributed by atoms with van der Waals surface area (Å²) in [5.41, 5.74) is 0.469. The van der Waals surface area contributed by atoms with Gasteiger partial charge in [0.2, 0.25) is 0 Å². The van der Waals surface area contributed by atoms with E-state index < -0.39 is 17.9 Å². The van der Waals surface area contributed by atoms with E-state index in [2.05, 4.69) is 0 Å². The molecule has 1 aromatic rings. The number of benzene rings is 1. The van der Waals surface area contributed by atoms with Crippen molar-refractivity contribution in [1.82, 2.24) is 0 Å². The summed E-state index contributed by atoms with van der Waals surface area (Å²) in [7, 11) is 0. The molecule has 0 saturated heterocycles. The van der Waals surface area contributed by atoms with Crippen molar-refractivity contribution >= 4 is 11.9 Å². The van der Waals surface area contributed by atoms with E-state index in [4.69, 9.17) is 18.9 Å². The fourth-order valence-electron chi connectivity index (χ4n) is 2.06. The Hall–Kier alpha value is -2.24. The molecule has 6 heteroatoms. The summed E-state index contributed by atoms with van der Waals surface area (Å²) in [6.07, 6.45) is 0. The maximum atomic E-state index is 12.0. The third-order valence-electron chi connectivity index (χ3n) is 2.94. The zero-order valence-corrected chi connectivity index (χ0v) is 12.1. The van der Waals surface area contributed by atoms with E-state index in [1.807, 2.05) is 0 Å². The second kappa shape index (κ2) is 6.97. The van der Waals surface area contributed by atoms with Gasteiger partial charge in [-0.15, -0.1) is 0 Å². The molecule has 0 saturated carbocycles. The van der Waals surface area contributed by atoms with Crippen molar-refractivity contribution < 1.29 is 28.5 Å². The highest BCUT2D eigenvalue weighted by Crippen LogP contribution is 2.33. The van der Waals surface area contributed by atoms with Crippen LogP contribution >= 0.6 is 0 Å². The van der Waals surface area contributed by atoms with E-state index in [0.29, 0.717) is 30.3 Å². The topological polar surface area (TPSA) is 71.1 Å². The van der Waals surface area contributed by atoms with Crippen molar-refractivity contribution in [1.29, 1.82) is 0 Å². The van der Waals surface area contributed by atoms with Crippen LogP contribution in [0.5, 0.6) is 11.5 Å². The molecule has 1 aliphatic rings. The van der Waals surface area contributed by atoms with Crippen molar-refractivity contribution in [3.8, 4) is 11.5 Å². The van der Waals surface area contributed by atoms with Crippen LogP contribution in [-0.2, 0) is 19.1 Å². The first kappa shape index (κ1) is 15.2. The molecular weight excluding hydrogens is 276 g/mol. The van der Waals surface area contributed by atoms with Crippen LogP contribution in [0.3, 0.4) is 0 Å². The van der Waals surface area contributed by atoms with Gasteiger partial charge in [-0.3, -0.25) is 9.59 Å². The van der Waals surface area contributed by atoms with Gasteiger partial charge in [0.05, 0.1) is 13.2 Å². The highest BCUT2D eigenvalue weighted by molar-refractivity contribution is 6.01. The molecular formula is C15H18O6. The molecule has 0 bridgehead atoms. The van der Waals surface area contributed by atoms with Gasteiger partial charge in [-0.1, -0.05) is 6.07 Å². The Bertz CT molecular complexity index is 507. The smallest absolute Gasteiger partial charge is 0.324 e. The Morgan fingerprint density at radius 2 is 1.62 bits per heavy atom. The lowest BCUT2D eigenvalue weighted by Crippen LogP contribution is -2.26. The molecule has 0 unspecified atom stereocenters. The minimum Gasteiger partial charge on any atom is -0.486 e. The number of carbonyl (C=O) groups excluding carboxylic acids is 2. The minimum atomic E-state index is -1.11. The first-order valence-corrected chi connectivity index (χ1v) is 6.90. The molecule has 2 rings (SSSR count). The number of ether oxygens (including phenoxy) is 4. The minimum absolute atomic E-state index is 0.194. The Morgan fingerprint density at radius 3 is 2.19 bits per heavy atom. The van der Waals surface area contributed by atoms with Crippen molar-refractivity contribution in [3.05, 3.63) is 23.8 Å². The second-order valence-corrected chi connectivity index (χ2v) is 4.34. The van der Waals surface area contributed by atoms with Crippen LogP contribution in [0, 0.1) is 0 Å². The van der Waals surface area contributed by atoms with Crippen molar-refractivity contribution in [2.45, 2.75) is 19.8 Å². The molecule has 0 atom stereocenters. The molecule has 0 spiro atoms. The second-order valence-electron chi connectivity index (χ2n) is 4.34. The van der Waals surface area contributed by atoms with Crippen LogP contribution in [0.1, 0.15) is 25.3 Å². The van der Waals surface area contributed by atoms with Crippen LogP contribution in [0.25, 0.3) is 0 Å². The van der Waals surface area contributed by atoms with Gasteiger partial charge < -0.3 is 18.9 Å². The zero-order valence-electron chi connectivity index (χ0n) is 12.1. The molecule has 114 valence electrons. The van der Waals surface area contributed by atoms with E-state index in [9.17, 15) is 9.59 Å². The van der Waals surface area contributed by atoms with Gasteiger partial charge in [0.1, 0.15) is 13.2 Å². The zero-order chi connectivity index (χ0) is 15.2. The van der Waals surface area contributed by atoms with Gasteiger partial charge in [-0.05, 0) is 31.5 Å². The largest absolute Gasteiger partial charge is 0.486 e. The lowest BCUT2D eigenvalue weighted by molar-refractivity contribution is -0.156. The molecule has 1 heterocycles. The predicted octanol–water partition coefficient (Wildman–Crippen LogP) is 1.67. The Balaban J connectivity index is 2.31. The highest BCUT2D eigenvalue weighted by atomic mass is 16.6. The van der Waals surface area contributed by atoms with Gasteiger partial charge in [0.25, 0.3) is 0 Å². The lowest BCUT2D eigenvalue weighted by Gasteiger charge is -2.20. The molecule has 21 heavy (non-hydrogen) atoms. The fourth-order valence-corrected chi connectivity index (χ4v) is 2.06. The van der Waals surface area contributed by atoms with Crippen molar-refractivity contribution in [2.24, 2.45) is 0 Å². The summed E-state index contributed by atoms with van der Waals surface area (Å²) in [6, 6.07) is 4.94. The van der Waals surface area contributed by atoms with Crippen LogP contribution in [0.15, 0.2) is 18.2 Å². The number of fused-ring (bicyclic) bond motifs is 1. The fraction of sp³-hybridized carbons (Fsp3) is 0.467. The number of rotatable bonds is 5. The number of esters is 2. The average molecular weight is 294 g/mol. The SMILES string of the molecule is CCOC(=O)C(C(=O)OCC)c1ccc2c(c1)OCCO2. The standard InChI is InChI=1S/C15H18O6/c1-3-18-14(16)13(15(17)19-4-2)10-5-6-11-12(9-10)21-8-7-20-11/h5-6,9,13H,3-4,7-8H2,1-2H3. The molecule has 0 fully saturated rings. The van der Waals surface area contributed by atoms with E-state index in [1.54, 1.807) is 32.0 Å². The van der Waals surface area contributed by atoms with Gasteiger partial charge in [-0.2, -0.15) is 0 Å². The summed E-state index contributed by atoms with van der Waals surface area (Å²) in [5.74, 6) is -1.27. The van der Waals surface area contributed by atoms with Crippen LogP contribution < -0.4 is 9.47 Å². The lowest BCUT2D eigenvalue weighted by atomic mass is 9.98. The molecule has 0 radical (unpaired) electrons. The van der Waals surface area contributed by atoms with Crippen molar-refractivity contribution in [2.75, 3.05) is 26.4 Å². The van der Waals surface area contributed by atoms with E-state index in [-0.39, 0.29) is 13.2 Å². The molecule has 0 aliphatic carbocycles. The average Bonchev–Trinajstić information content (AvgIpc) is 2.48. The van der Waals surface area contributed by atoms with Crippen LogP contribution in [-0.4, -0.2) is 38.4 Å². The molecule has 0 amide bonds. The highest BCUT2D eigenvalue weighted by Gasteiger charge is 2.32. The molecule has 1 aliphatic heterocycles. The maximum Gasteiger partial charge on any atom is 0.324 e. The summed E-state index contributed by atoms with van der Waals surface area (Å²) in [5, 5.41) is 0. The Labute approximate surface area is 122 Å². The molecule has 6 nitrogen and oxygen atoms in total. The Morgan fingerprint density at radius 1 is 1.05 bits per heavy atom. The van der Waals surface area contributed by atoms with Gasteiger partial charge in [0, 0.05) is 0 Å². The summed E-state index contributed by atoms with van der Waals surface area (Å²) < 4.78 is 20.8. The predicted molar refractivity (Wildman–Crippen MR) is 73.4 cm³/mol. The monoisotopic (exact) mass is 294 g/mol. The van der Waals surface area contributed by atoms with Gasteiger partial charge in [0.15, 0.2) is 17.4 Å². The summed E-state index contributed by atoms with van der Waals surface area (Å²) in [4.78, 5) is 24.1. The van der Waals surface area contributed by atoms with Crippen molar-refractivity contribution in [3.63, 3.8) is 0 Å². The van der Waals surface area contributed by atoms with E-state index in [1.165, 1.54) is 0 Å². The quantitative estimate of drug-likeness (QED) is 0.607. The van der Waals surface area contributed by atoms with Crippen LogP contribution in [0.4, 0.5) is 0 Å².